The molecular formula is C22H24N2O3S. The molecular weight excluding hydrogens is 372 g/mol. The third kappa shape index (κ3) is 2.62. The van der Waals surface area contributed by atoms with Gasteiger partial charge in [0.15, 0.2) is 5.75 Å². The van der Waals surface area contributed by atoms with Crippen LogP contribution in [-0.2, 0) is 11.3 Å². The number of ether oxygens (including phenoxy) is 2. The number of nitrogens with zero attached hydrogens (tertiary/aromatic N) is 1. The minimum absolute atomic E-state index is 0.264. The molecule has 3 aromatic rings. The van der Waals surface area contributed by atoms with Gasteiger partial charge in [-0.2, -0.15) is 0 Å². The third-order valence-corrected chi connectivity index (χ3v) is 7.17. The number of aromatic nitrogens is 1. The predicted octanol–water partition coefficient (Wildman–Crippen LogP) is 5.18. The molecule has 2 N–H and O–H groups in total. The van der Waals surface area contributed by atoms with Crippen molar-refractivity contribution in [2.45, 2.75) is 44.6 Å². The number of fused-ring (bicyclic) bond motifs is 5. The van der Waals surface area contributed by atoms with Crippen LogP contribution in [0.15, 0.2) is 24.3 Å². The smallest absolute Gasteiger partial charge is 0.348 e. The number of carbonyl (C=O) groups excluding carboxylic acids is 1. The highest BCUT2D eigenvalue weighted by atomic mass is 32.1. The lowest BCUT2D eigenvalue weighted by atomic mass is 9.83. The monoisotopic (exact) mass is 396 g/mol. The first kappa shape index (κ1) is 17.6. The number of carbonyl (C=O) groups is 1. The molecule has 1 saturated carbocycles. The summed E-state index contributed by atoms with van der Waals surface area (Å²) in [5.74, 6) is 1.03. The van der Waals surface area contributed by atoms with E-state index < -0.39 is 0 Å². The second-order valence-corrected chi connectivity index (χ2v) is 8.69. The third-order valence-electron chi connectivity index (χ3n) is 6.03. The molecule has 28 heavy (non-hydrogen) atoms. The molecule has 1 aliphatic heterocycles. The van der Waals surface area contributed by atoms with Crippen molar-refractivity contribution in [3.05, 3.63) is 34.7 Å². The number of esters is 1. The van der Waals surface area contributed by atoms with E-state index in [1.807, 2.05) is 18.2 Å². The number of anilines is 1. The van der Waals surface area contributed by atoms with Crippen LogP contribution in [0.1, 0.15) is 53.3 Å². The molecule has 6 heteroatoms. The van der Waals surface area contributed by atoms with Gasteiger partial charge in [-0.3, -0.25) is 0 Å². The van der Waals surface area contributed by atoms with Crippen molar-refractivity contribution < 1.29 is 14.3 Å². The lowest BCUT2D eigenvalue weighted by Gasteiger charge is -2.23. The van der Waals surface area contributed by atoms with Crippen LogP contribution in [0, 0.1) is 0 Å². The van der Waals surface area contributed by atoms with Gasteiger partial charge in [-0.25, -0.2) is 4.79 Å². The Labute approximate surface area is 168 Å². The van der Waals surface area contributed by atoms with Crippen LogP contribution in [-0.4, -0.2) is 24.3 Å². The van der Waals surface area contributed by atoms with Gasteiger partial charge < -0.3 is 19.8 Å². The van der Waals surface area contributed by atoms with Crippen LogP contribution in [0.4, 0.5) is 5.69 Å². The fraction of sp³-hybridized carbons (Fsp3) is 0.409. The molecule has 5 rings (SSSR count). The van der Waals surface area contributed by atoms with E-state index in [9.17, 15) is 4.79 Å². The molecule has 1 aromatic carbocycles. The second-order valence-electron chi connectivity index (χ2n) is 7.64. The van der Waals surface area contributed by atoms with Gasteiger partial charge in [-0.1, -0.05) is 25.3 Å². The van der Waals surface area contributed by atoms with Gasteiger partial charge in [0.25, 0.3) is 0 Å². The minimum Gasteiger partial charge on any atom is -0.489 e. The van der Waals surface area contributed by atoms with E-state index in [1.54, 1.807) is 11.3 Å². The standard InChI is InChI=1S/C22H24N2O3S/c1-26-22(25)17-12-16-21(28-17)18(13-6-3-2-4-7-13)19-14-8-5-9-15(23)20(14)27-11-10-24(16)19/h5,8-9,12-13H,2-4,6-7,10-11,23H2,1H3. The summed E-state index contributed by atoms with van der Waals surface area (Å²) in [6.45, 7) is 1.30. The van der Waals surface area contributed by atoms with E-state index in [1.165, 1.54) is 55.2 Å². The Kier molecular flexibility index (Phi) is 4.31. The number of nitrogens with two attached hydrogens (primary N) is 1. The summed E-state index contributed by atoms with van der Waals surface area (Å²) in [5, 5.41) is 0. The minimum atomic E-state index is -0.264. The van der Waals surface area contributed by atoms with Gasteiger partial charge in [0.2, 0.25) is 0 Å². The summed E-state index contributed by atoms with van der Waals surface area (Å²) in [6.07, 6.45) is 6.20. The molecule has 5 nitrogen and oxygen atoms in total. The van der Waals surface area contributed by atoms with E-state index in [2.05, 4.69) is 10.6 Å². The predicted molar refractivity (Wildman–Crippen MR) is 112 cm³/mol. The van der Waals surface area contributed by atoms with Gasteiger partial charge >= 0.3 is 5.97 Å². The normalized spacial score (nSPS) is 16.9. The second kappa shape index (κ2) is 6.85. The Balaban J connectivity index is 1.81. The van der Waals surface area contributed by atoms with Crippen molar-refractivity contribution in [3.8, 4) is 17.0 Å². The molecule has 0 spiro atoms. The first-order valence-electron chi connectivity index (χ1n) is 9.95. The highest BCUT2D eigenvalue weighted by Crippen LogP contribution is 2.50. The summed E-state index contributed by atoms with van der Waals surface area (Å²) in [7, 11) is 1.44. The Bertz CT molecular complexity index is 1060. The van der Waals surface area contributed by atoms with Gasteiger partial charge in [0, 0.05) is 5.56 Å². The number of rotatable bonds is 2. The Morgan fingerprint density at radius 3 is 2.89 bits per heavy atom. The molecule has 1 aliphatic carbocycles. The van der Waals surface area contributed by atoms with Crippen molar-refractivity contribution in [2.75, 3.05) is 19.5 Å². The first-order chi connectivity index (χ1) is 13.7. The topological polar surface area (TPSA) is 66.5 Å². The lowest BCUT2D eigenvalue weighted by molar-refractivity contribution is 0.0606. The Hall–Kier alpha value is -2.47. The highest BCUT2D eigenvalue weighted by Gasteiger charge is 2.31. The quantitative estimate of drug-likeness (QED) is 0.479. The Morgan fingerprint density at radius 2 is 2.11 bits per heavy atom. The van der Waals surface area contributed by atoms with E-state index in [-0.39, 0.29) is 5.97 Å². The molecule has 2 aromatic heterocycles. The number of thiophene rings is 1. The van der Waals surface area contributed by atoms with Gasteiger partial charge in [0.1, 0.15) is 11.5 Å². The molecule has 0 unspecified atom stereocenters. The summed E-state index contributed by atoms with van der Waals surface area (Å²) >= 11 is 1.56. The first-order valence-corrected chi connectivity index (χ1v) is 10.8. The van der Waals surface area contributed by atoms with E-state index in [4.69, 9.17) is 15.2 Å². The Morgan fingerprint density at radius 1 is 1.29 bits per heavy atom. The molecule has 3 heterocycles. The van der Waals surface area contributed by atoms with Crippen molar-refractivity contribution in [1.29, 1.82) is 0 Å². The zero-order chi connectivity index (χ0) is 19.3. The molecule has 0 saturated heterocycles. The highest BCUT2D eigenvalue weighted by molar-refractivity contribution is 7.21. The van der Waals surface area contributed by atoms with Crippen molar-refractivity contribution in [2.24, 2.45) is 0 Å². The van der Waals surface area contributed by atoms with Crippen molar-refractivity contribution in [3.63, 3.8) is 0 Å². The average Bonchev–Trinajstić information content (AvgIpc) is 3.20. The fourth-order valence-electron chi connectivity index (χ4n) is 4.78. The molecule has 0 radical (unpaired) electrons. The number of para-hydroxylation sites is 1. The number of methoxy groups -OCH3 is 1. The van der Waals surface area contributed by atoms with Crippen LogP contribution in [0.2, 0.25) is 0 Å². The molecule has 2 aliphatic rings. The van der Waals surface area contributed by atoms with Crippen LogP contribution in [0.5, 0.6) is 5.75 Å². The lowest BCUT2D eigenvalue weighted by Crippen LogP contribution is -2.08. The largest absolute Gasteiger partial charge is 0.489 e. The van der Waals surface area contributed by atoms with E-state index >= 15 is 0 Å². The average molecular weight is 397 g/mol. The van der Waals surface area contributed by atoms with Crippen molar-refractivity contribution in [1.82, 2.24) is 4.57 Å². The number of benzene rings is 1. The SMILES string of the molecule is COC(=O)c1cc2c(s1)c(C1CCCCC1)c1n2CCOc2c(N)cccc2-1. The summed E-state index contributed by atoms with van der Waals surface area (Å²) in [6, 6.07) is 7.99. The van der Waals surface area contributed by atoms with Crippen LogP contribution in [0.25, 0.3) is 21.5 Å². The zero-order valence-corrected chi connectivity index (χ0v) is 16.8. The molecule has 0 bridgehead atoms. The zero-order valence-electron chi connectivity index (χ0n) is 16.0. The number of hydrogen-bond acceptors (Lipinski definition) is 5. The molecule has 0 atom stereocenters. The maximum atomic E-state index is 12.2. The summed E-state index contributed by atoms with van der Waals surface area (Å²) in [4.78, 5) is 12.9. The summed E-state index contributed by atoms with van der Waals surface area (Å²) < 4.78 is 14.6. The van der Waals surface area contributed by atoms with Crippen molar-refractivity contribution >= 4 is 33.2 Å². The van der Waals surface area contributed by atoms with Gasteiger partial charge in [-0.15, -0.1) is 11.3 Å². The molecule has 0 amide bonds. The summed E-state index contributed by atoms with van der Waals surface area (Å²) in [5.41, 5.74) is 11.7. The maximum Gasteiger partial charge on any atom is 0.348 e. The van der Waals surface area contributed by atoms with Crippen LogP contribution < -0.4 is 10.5 Å². The van der Waals surface area contributed by atoms with Crippen LogP contribution in [0.3, 0.4) is 0 Å². The fourth-order valence-corrected chi connectivity index (χ4v) is 5.99. The van der Waals surface area contributed by atoms with E-state index in [0.29, 0.717) is 23.1 Å². The van der Waals surface area contributed by atoms with Gasteiger partial charge in [0.05, 0.1) is 35.3 Å². The van der Waals surface area contributed by atoms with Crippen LogP contribution >= 0.6 is 11.3 Å². The van der Waals surface area contributed by atoms with Gasteiger partial charge in [-0.05, 0) is 42.5 Å². The maximum absolute atomic E-state index is 12.2. The van der Waals surface area contributed by atoms with E-state index in [0.717, 1.165) is 23.4 Å². The number of hydrogen-bond donors (Lipinski definition) is 1. The number of nitrogen functional groups attached to an aromatic ring is 1. The molecule has 146 valence electrons. The molecule has 1 fully saturated rings.